The molecular weight excluding hydrogens is 615 g/mol. The van der Waals surface area contributed by atoms with Gasteiger partial charge in [0.15, 0.2) is 5.69 Å². The van der Waals surface area contributed by atoms with Gasteiger partial charge in [-0.1, -0.05) is 13.0 Å². The largest absolute Gasteiger partial charge is 0.437 e. The number of amides is 3. The third kappa shape index (κ3) is 7.23. The van der Waals surface area contributed by atoms with Gasteiger partial charge in [0.2, 0.25) is 5.76 Å². The van der Waals surface area contributed by atoms with Crippen molar-refractivity contribution in [1.29, 1.82) is 0 Å². The Labute approximate surface area is 252 Å². The van der Waals surface area contributed by atoms with E-state index in [9.17, 15) is 40.3 Å². The van der Waals surface area contributed by atoms with Crippen molar-refractivity contribution in [2.75, 3.05) is 59.7 Å². The van der Waals surface area contributed by atoms with Crippen LogP contribution < -0.4 is 20.4 Å². The number of carbonyl (C=O) groups excluding carboxylic acids is 2. The number of hydrogen-bond donors (Lipinski definition) is 2. The van der Waals surface area contributed by atoms with Gasteiger partial charge in [-0.25, -0.2) is 14.2 Å². The molecule has 10 nitrogen and oxygen atoms in total. The number of carbonyl (C=O) groups is 2. The smallest absolute Gasteiger partial charge is 0.417 e. The van der Waals surface area contributed by atoms with E-state index in [4.69, 9.17) is 4.42 Å². The number of nitrogens with one attached hydrogen (secondary N) is 2. The number of urea groups is 1. The molecule has 5 rings (SSSR count). The van der Waals surface area contributed by atoms with E-state index < -0.39 is 52.8 Å². The second-order valence-electron chi connectivity index (χ2n) is 10.8. The first-order chi connectivity index (χ1) is 21.2. The Bertz CT molecular complexity index is 1530. The summed E-state index contributed by atoms with van der Waals surface area (Å²) >= 11 is 0. The molecule has 3 amide bonds. The monoisotopic (exact) mass is 643 g/mol. The van der Waals surface area contributed by atoms with Gasteiger partial charge in [-0.3, -0.25) is 4.79 Å². The number of aromatic nitrogens is 2. The molecule has 0 saturated carbocycles. The fourth-order valence-corrected chi connectivity index (χ4v) is 5.20. The minimum atomic E-state index is -4.92. The maximum Gasteiger partial charge on any atom is 0.437 e. The van der Waals surface area contributed by atoms with Gasteiger partial charge in [-0.15, -0.1) is 0 Å². The molecule has 17 heteroatoms. The van der Waals surface area contributed by atoms with E-state index in [-0.39, 0.29) is 43.8 Å². The molecule has 0 bridgehead atoms. The lowest BCUT2D eigenvalue weighted by Crippen LogP contribution is -2.50. The number of para-hydroxylation sites is 1. The van der Waals surface area contributed by atoms with Crippen molar-refractivity contribution in [3.63, 3.8) is 0 Å². The Morgan fingerprint density at radius 3 is 2.29 bits per heavy atom. The summed E-state index contributed by atoms with van der Waals surface area (Å²) in [6, 6.07) is 4.14. The Kier molecular flexibility index (Phi) is 8.80. The molecule has 2 aliphatic rings. The van der Waals surface area contributed by atoms with Crippen LogP contribution in [0.3, 0.4) is 0 Å². The summed E-state index contributed by atoms with van der Waals surface area (Å²) in [5.41, 5.74) is -3.60. The Morgan fingerprint density at radius 1 is 0.933 bits per heavy atom. The fraction of sp³-hybridized carbons (Fsp3) is 0.429. The molecule has 2 saturated heterocycles. The predicted octanol–water partition coefficient (Wildman–Crippen LogP) is 6.09. The lowest BCUT2D eigenvalue weighted by Gasteiger charge is -2.35. The van der Waals surface area contributed by atoms with Crippen LogP contribution in [0, 0.1) is 11.7 Å². The molecule has 3 aromatic rings. The molecule has 242 valence electrons. The van der Waals surface area contributed by atoms with Gasteiger partial charge >= 0.3 is 18.4 Å². The van der Waals surface area contributed by atoms with Gasteiger partial charge in [-0.05, 0) is 43.0 Å². The van der Waals surface area contributed by atoms with Crippen LogP contribution in [0.5, 0.6) is 0 Å². The van der Waals surface area contributed by atoms with E-state index in [0.29, 0.717) is 25.0 Å². The molecule has 0 aliphatic carbocycles. The number of rotatable bonds is 5. The standard InChI is InChI=1S/C28H28F7N7O3/c1-16-4-3-9-42(15-16)26-39-23(28(33,34)35)22(45-26)24(43)37-17-7-8-20(36-14-17)40-10-12-41(13-11-40)25(44)38-21-18(27(30,31)32)5-2-6-19(21)29/h2,5-8,14,16H,3-4,9-13,15H2,1H3,(H,37,43)(H,38,44). The molecule has 4 heterocycles. The molecule has 0 radical (unpaired) electrons. The molecule has 45 heavy (non-hydrogen) atoms. The summed E-state index contributed by atoms with van der Waals surface area (Å²) < 4.78 is 100. The van der Waals surface area contributed by atoms with Crippen molar-refractivity contribution in [2.24, 2.45) is 5.92 Å². The molecule has 0 spiro atoms. The van der Waals surface area contributed by atoms with E-state index in [2.05, 4.69) is 15.3 Å². The zero-order valence-corrected chi connectivity index (χ0v) is 23.8. The second kappa shape index (κ2) is 12.4. The predicted molar refractivity (Wildman–Crippen MR) is 149 cm³/mol. The van der Waals surface area contributed by atoms with Gasteiger partial charge < -0.3 is 29.8 Å². The van der Waals surface area contributed by atoms with E-state index in [0.717, 1.165) is 25.0 Å². The third-order valence-electron chi connectivity index (χ3n) is 7.47. The van der Waals surface area contributed by atoms with Crippen LogP contribution in [-0.4, -0.2) is 66.1 Å². The summed E-state index contributed by atoms with van der Waals surface area (Å²) in [6.07, 6.45) is -6.88. The molecule has 2 aromatic heterocycles. The van der Waals surface area contributed by atoms with Gasteiger partial charge in [0, 0.05) is 39.3 Å². The van der Waals surface area contributed by atoms with E-state index in [1.807, 2.05) is 12.2 Å². The SMILES string of the molecule is CC1CCCN(c2nc(C(F)(F)F)c(C(=O)Nc3ccc(N4CCN(C(=O)Nc5c(F)cccc5C(F)(F)F)CC4)nc3)o2)C1. The quantitative estimate of drug-likeness (QED) is 0.324. The highest BCUT2D eigenvalue weighted by molar-refractivity contribution is 6.03. The lowest BCUT2D eigenvalue weighted by molar-refractivity contribution is -0.141. The molecule has 1 unspecified atom stereocenters. The second-order valence-corrected chi connectivity index (χ2v) is 10.8. The van der Waals surface area contributed by atoms with Crippen molar-refractivity contribution < 1.29 is 44.7 Å². The van der Waals surface area contributed by atoms with Crippen LogP contribution in [0.2, 0.25) is 0 Å². The van der Waals surface area contributed by atoms with Gasteiger partial charge in [-0.2, -0.15) is 31.3 Å². The topological polar surface area (TPSA) is 107 Å². The maximum absolute atomic E-state index is 14.1. The van der Waals surface area contributed by atoms with Crippen molar-refractivity contribution in [1.82, 2.24) is 14.9 Å². The van der Waals surface area contributed by atoms with Gasteiger partial charge in [0.25, 0.3) is 11.9 Å². The molecule has 2 aliphatic heterocycles. The first kappa shape index (κ1) is 31.8. The number of pyridine rings is 1. The average molecular weight is 644 g/mol. The summed E-state index contributed by atoms with van der Waals surface area (Å²) in [5, 5.41) is 4.36. The van der Waals surface area contributed by atoms with Crippen LogP contribution in [0.4, 0.5) is 58.7 Å². The summed E-state index contributed by atoms with van der Waals surface area (Å²) in [7, 11) is 0. The van der Waals surface area contributed by atoms with Crippen molar-refractivity contribution in [3.8, 4) is 0 Å². The number of nitrogens with zero attached hydrogens (tertiary/aromatic N) is 5. The molecular formula is C28H28F7N7O3. The molecule has 1 atom stereocenters. The number of alkyl halides is 6. The van der Waals surface area contributed by atoms with Crippen LogP contribution in [0.25, 0.3) is 0 Å². The number of anilines is 4. The highest BCUT2D eigenvalue weighted by atomic mass is 19.4. The van der Waals surface area contributed by atoms with Crippen LogP contribution >= 0.6 is 0 Å². The van der Waals surface area contributed by atoms with E-state index in [1.54, 1.807) is 9.80 Å². The van der Waals surface area contributed by atoms with Crippen LogP contribution in [0.1, 0.15) is 41.6 Å². The van der Waals surface area contributed by atoms with E-state index >= 15 is 0 Å². The minimum absolute atomic E-state index is 0.0750. The molecule has 2 fully saturated rings. The van der Waals surface area contributed by atoms with Crippen molar-refractivity contribution >= 4 is 35.1 Å². The number of halogens is 7. The fourth-order valence-electron chi connectivity index (χ4n) is 5.20. The Balaban J connectivity index is 1.20. The highest BCUT2D eigenvalue weighted by Crippen LogP contribution is 2.37. The normalized spacial score (nSPS) is 17.8. The number of piperidine rings is 1. The zero-order valence-electron chi connectivity index (χ0n) is 23.8. The van der Waals surface area contributed by atoms with Crippen LogP contribution in [-0.2, 0) is 12.4 Å². The first-order valence-corrected chi connectivity index (χ1v) is 14.0. The third-order valence-corrected chi connectivity index (χ3v) is 7.47. The van der Waals surface area contributed by atoms with Crippen molar-refractivity contribution in [3.05, 3.63) is 59.4 Å². The Hall–Kier alpha value is -4.57. The minimum Gasteiger partial charge on any atom is -0.417 e. The maximum atomic E-state index is 14.1. The number of piperazine rings is 1. The average Bonchev–Trinajstić information content (AvgIpc) is 3.45. The summed E-state index contributed by atoms with van der Waals surface area (Å²) in [5.74, 6) is -2.69. The molecule has 2 N–H and O–H groups in total. The van der Waals surface area contributed by atoms with Gasteiger partial charge in [0.1, 0.15) is 11.6 Å². The first-order valence-electron chi connectivity index (χ1n) is 14.0. The zero-order chi connectivity index (χ0) is 32.5. The van der Waals surface area contributed by atoms with Crippen LogP contribution in [0.15, 0.2) is 40.9 Å². The lowest BCUT2D eigenvalue weighted by atomic mass is 10.0. The number of oxazole rings is 1. The summed E-state index contributed by atoms with van der Waals surface area (Å²) in [4.78, 5) is 37.8. The summed E-state index contributed by atoms with van der Waals surface area (Å²) in [6.45, 7) is 3.47. The molecule has 1 aromatic carbocycles. The van der Waals surface area contributed by atoms with Crippen molar-refractivity contribution in [2.45, 2.75) is 32.1 Å². The van der Waals surface area contributed by atoms with Gasteiger partial charge in [0.05, 0.1) is 23.1 Å². The highest BCUT2D eigenvalue weighted by Gasteiger charge is 2.42. The number of hydrogen-bond acceptors (Lipinski definition) is 7. The Morgan fingerprint density at radius 2 is 1.67 bits per heavy atom. The number of benzene rings is 1. The van der Waals surface area contributed by atoms with E-state index in [1.165, 1.54) is 23.2 Å².